The molecule has 1 heterocycles. The highest BCUT2D eigenvalue weighted by atomic mass is 35.5. The van der Waals surface area contributed by atoms with Gasteiger partial charge in [-0.15, -0.1) is 6.42 Å². The lowest BCUT2D eigenvalue weighted by atomic mass is 10.2. The van der Waals surface area contributed by atoms with Gasteiger partial charge in [0.05, 0.1) is 16.8 Å². The first-order valence-electron chi connectivity index (χ1n) is 7.42. The number of fused-ring (bicyclic) bond motifs is 1. The summed E-state index contributed by atoms with van der Waals surface area (Å²) in [6, 6.07) is 8.97. The van der Waals surface area contributed by atoms with Crippen molar-refractivity contribution in [1.82, 2.24) is 4.57 Å². The van der Waals surface area contributed by atoms with Crippen molar-refractivity contribution in [3.8, 4) is 12.3 Å². The van der Waals surface area contributed by atoms with Gasteiger partial charge in [-0.1, -0.05) is 47.1 Å². The molecule has 0 radical (unpaired) electrons. The number of terminal acetylenes is 1. The Labute approximate surface area is 156 Å². The molecule has 1 amide bonds. The maximum atomic E-state index is 14.1. The Morgan fingerprint density at radius 2 is 2.12 bits per heavy atom. The number of thiazole rings is 1. The number of carbonyl (C=O) groups is 1. The molecule has 0 unspecified atom stereocenters. The third kappa shape index (κ3) is 3.74. The maximum Gasteiger partial charge on any atom is 0.272 e. The van der Waals surface area contributed by atoms with Crippen LogP contribution in [0, 0.1) is 24.0 Å². The van der Waals surface area contributed by atoms with Gasteiger partial charge in [0.2, 0.25) is 0 Å². The van der Waals surface area contributed by atoms with Gasteiger partial charge in [-0.05, 0) is 23.8 Å². The maximum absolute atomic E-state index is 14.1. The molecule has 0 saturated carbocycles. The molecular weight excluding hydrogens is 378 g/mol. The Hall–Kier alpha value is -2.75. The number of hydrogen-bond acceptors (Lipinski definition) is 2. The highest BCUT2D eigenvalue weighted by Crippen LogP contribution is 2.22. The van der Waals surface area contributed by atoms with Crippen LogP contribution in [-0.4, -0.2) is 10.5 Å². The van der Waals surface area contributed by atoms with E-state index in [1.807, 2.05) is 0 Å². The second kappa shape index (κ2) is 7.65. The number of rotatable bonds is 3. The van der Waals surface area contributed by atoms with Crippen molar-refractivity contribution in [2.75, 3.05) is 0 Å². The predicted octanol–water partition coefficient (Wildman–Crippen LogP) is 4.41. The number of carbonyl (C=O) groups excluding carboxylic acids is 1. The van der Waals surface area contributed by atoms with E-state index in [4.69, 9.17) is 18.0 Å². The number of hydrogen-bond donors (Lipinski definition) is 0. The van der Waals surface area contributed by atoms with Crippen LogP contribution >= 0.6 is 22.9 Å². The molecule has 0 N–H and O–H groups in total. The minimum atomic E-state index is -0.757. The molecule has 0 aliphatic heterocycles. The SMILES string of the molecule is C#CCn1c(=NC(=O)/C=C/c2ccccc2Cl)sc2cc(F)cc(F)c21. The van der Waals surface area contributed by atoms with Crippen LogP contribution in [0.3, 0.4) is 0 Å². The summed E-state index contributed by atoms with van der Waals surface area (Å²) < 4.78 is 29.2. The fourth-order valence-corrected chi connectivity index (χ4v) is 3.63. The predicted molar refractivity (Wildman–Crippen MR) is 99.6 cm³/mol. The van der Waals surface area contributed by atoms with E-state index < -0.39 is 17.5 Å². The third-order valence-electron chi connectivity index (χ3n) is 3.46. The van der Waals surface area contributed by atoms with E-state index in [1.165, 1.54) is 22.8 Å². The molecule has 1 aromatic heterocycles. The Morgan fingerprint density at radius 3 is 2.85 bits per heavy atom. The summed E-state index contributed by atoms with van der Waals surface area (Å²) in [4.78, 5) is 16.3. The molecule has 0 bridgehead atoms. The van der Waals surface area contributed by atoms with Crippen LogP contribution in [0.2, 0.25) is 5.02 Å². The average Bonchev–Trinajstić information content (AvgIpc) is 2.92. The lowest BCUT2D eigenvalue weighted by Crippen LogP contribution is -2.16. The van der Waals surface area contributed by atoms with E-state index in [9.17, 15) is 13.6 Å². The second-order valence-electron chi connectivity index (χ2n) is 5.21. The van der Waals surface area contributed by atoms with Crippen LogP contribution in [0.25, 0.3) is 16.3 Å². The molecular formula is C19H11ClF2N2OS. The number of aromatic nitrogens is 1. The molecule has 2 aromatic carbocycles. The molecule has 0 atom stereocenters. The summed E-state index contributed by atoms with van der Waals surface area (Å²) in [7, 11) is 0. The van der Waals surface area contributed by atoms with E-state index >= 15 is 0 Å². The van der Waals surface area contributed by atoms with Crippen molar-refractivity contribution in [3.05, 3.63) is 69.5 Å². The molecule has 130 valence electrons. The number of amides is 1. The van der Waals surface area contributed by atoms with Gasteiger partial charge in [0, 0.05) is 17.2 Å². The summed E-state index contributed by atoms with van der Waals surface area (Å²) in [5.74, 6) is 0.354. The first kappa shape index (κ1) is 18.1. The zero-order valence-electron chi connectivity index (χ0n) is 13.2. The minimum Gasteiger partial charge on any atom is -0.302 e. The van der Waals surface area contributed by atoms with Crippen LogP contribution in [0.15, 0.2) is 47.5 Å². The zero-order chi connectivity index (χ0) is 18.7. The van der Waals surface area contributed by atoms with E-state index in [1.54, 1.807) is 24.3 Å². The summed E-state index contributed by atoms with van der Waals surface area (Å²) in [6.45, 7) is 0.00287. The van der Waals surface area contributed by atoms with Crippen LogP contribution in [0.1, 0.15) is 5.56 Å². The van der Waals surface area contributed by atoms with E-state index in [0.717, 1.165) is 17.4 Å². The van der Waals surface area contributed by atoms with Crippen LogP contribution in [0.4, 0.5) is 8.78 Å². The van der Waals surface area contributed by atoms with Crippen molar-refractivity contribution >= 4 is 45.1 Å². The first-order chi connectivity index (χ1) is 12.5. The topological polar surface area (TPSA) is 34.4 Å². The van der Waals surface area contributed by atoms with Gasteiger partial charge in [0.15, 0.2) is 10.6 Å². The lowest BCUT2D eigenvalue weighted by Gasteiger charge is -2.00. The van der Waals surface area contributed by atoms with Crippen molar-refractivity contribution in [1.29, 1.82) is 0 Å². The zero-order valence-corrected chi connectivity index (χ0v) is 14.8. The van der Waals surface area contributed by atoms with Crippen molar-refractivity contribution in [2.24, 2.45) is 4.99 Å². The molecule has 3 nitrogen and oxygen atoms in total. The summed E-state index contributed by atoms with van der Waals surface area (Å²) in [5.41, 5.74) is 0.787. The van der Waals surface area contributed by atoms with Gasteiger partial charge in [-0.3, -0.25) is 4.79 Å². The highest BCUT2D eigenvalue weighted by molar-refractivity contribution is 7.16. The second-order valence-corrected chi connectivity index (χ2v) is 6.63. The monoisotopic (exact) mass is 388 g/mol. The summed E-state index contributed by atoms with van der Waals surface area (Å²) >= 11 is 7.01. The van der Waals surface area contributed by atoms with Gasteiger partial charge in [-0.2, -0.15) is 4.99 Å². The number of nitrogens with zero attached hydrogens (tertiary/aromatic N) is 2. The smallest absolute Gasteiger partial charge is 0.272 e. The fourth-order valence-electron chi connectivity index (χ4n) is 2.36. The molecule has 0 spiro atoms. The van der Waals surface area contributed by atoms with Gasteiger partial charge in [0.25, 0.3) is 5.91 Å². The Kier molecular flexibility index (Phi) is 5.31. The van der Waals surface area contributed by atoms with Crippen molar-refractivity contribution in [3.63, 3.8) is 0 Å². The highest BCUT2D eigenvalue weighted by Gasteiger charge is 2.13. The minimum absolute atomic E-state index is 0.00287. The van der Waals surface area contributed by atoms with E-state index in [2.05, 4.69) is 10.9 Å². The van der Waals surface area contributed by atoms with Crippen LogP contribution in [-0.2, 0) is 11.3 Å². The van der Waals surface area contributed by atoms with Gasteiger partial charge >= 0.3 is 0 Å². The molecule has 3 rings (SSSR count). The van der Waals surface area contributed by atoms with Crippen molar-refractivity contribution in [2.45, 2.75) is 6.54 Å². The quantitative estimate of drug-likeness (QED) is 0.483. The Balaban J connectivity index is 2.05. The summed E-state index contributed by atoms with van der Waals surface area (Å²) in [6.07, 6.45) is 8.11. The molecule has 3 aromatic rings. The lowest BCUT2D eigenvalue weighted by molar-refractivity contribution is -0.113. The molecule has 0 fully saturated rings. The number of halogens is 3. The van der Waals surface area contributed by atoms with E-state index in [0.29, 0.717) is 15.3 Å². The first-order valence-corrected chi connectivity index (χ1v) is 8.62. The Morgan fingerprint density at radius 1 is 1.35 bits per heavy atom. The largest absolute Gasteiger partial charge is 0.302 e. The van der Waals surface area contributed by atoms with Crippen LogP contribution < -0.4 is 4.80 Å². The molecule has 0 saturated heterocycles. The average molecular weight is 389 g/mol. The van der Waals surface area contributed by atoms with Gasteiger partial charge < -0.3 is 4.57 Å². The molecule has 0 aliphatic rings. The summed E-state index contributed by atoms with van der Waals surface area (Å²) in [5, 5.41) is 0.498. The van der Waals surface area contributed by atoms with Crippen LogP contribution in [0.5, 0.6) is 0 Å². The molecule has 26 heavy (non-hydrogen) atoms. The van der Waals surface area contributed by atoms with E-state index in [-0.39, 0.29) is 16.9 Å². The number of benzene rings is 2. The van der Waals surface area contributed by atoms with Gasteiger partial charge in [0.1, 0.15) is 5.82 Å². The normalized spacial score (nSPS) is 12.0. The van der Waals surface area contributed by atoms with Crippen molar-refractivity contribution < 1.29 is 13.6 Å². The fraction of sp³-hybridized carbons (Fsp3) is 0.0526. The third-order valence-corrected chi connectivity index (χ3v) is 4.83. The van der Waals surface area contributed by atoms with Gasteiger partial charge in [-0.25, -0.2) is 8.78 Å². The standard InChI is InChI=1S/C19H11ClF2N2OS/c1-2-9-24-18-15(22)10-13(21)11-16(18)26-19(24)23-17(25)8-7-12-5-3-4-6-14(12)20/h1,3-8,10-11H,9H2/b8-7+,23-19?. The molecule has 7 heteroatoms. The Bertz CT molecular complexity index is 1140. The molecule has 0 aliphatic carbocycles.